The zero-order valence-corrected chi connectivity index (χ0v) is 14.0. The Hall–Kier alpha value is -3.20. The van der Waals surface area contributed by atoms with Gasteiger partial charge in [-0.25, -0.2) is 4.68 Å². The number of hydrogen-bond acceptors (Lipinski definition) is 7. The molecule has 0 saturated carbocycles. The van der Waals surface area contributed by atoms with Crippen LogP contribution in [0.5, 0.6) is 11.5 Å². The summed E-state index contributed by atoms with van der Waals surface area (Å²) in [6, 6.07) is 12.4. The van der Waals surface area contributed by atoms with E-state index in [1.54, 1.807) is 42.6 Å². The lowest BCUT2D eigenvalue weighted by atomic mass is 10.2. The van der Waals surface area contributed by atoms with Crippen LogP contribution in [0.3, 0.4) is 0 Å². The van der Waals surface area contributed by atoms with Gasteiger partial charge in [-0.1, -0.05) is 0 Å². The number of aromatic nitrogens is 3. The fourth-order valence-corrected chi connectivity index (χ4v) is 2.84. The summed E-state index contributed by atoms with van der Waals surface area (Å²) in [4.78, 5) is 0.0477. The van der Waals surface area contributed by atoms with E-state index in [9.17, 15) is 8.42 Å². The molecule has 3 rings (SSSR count). The van der Waals surface area contributed by atoms with Gasteiger partial charge in [0.15, 0.2) is 0 Å². The predicted molar refractivity (Wildman–Crippen MR) is 90.3 cm³/mol. The summed E-state index contributed by atoms with van der Waals surface area (Å²) < 4.78 is 36.1. The summed E-state index contributed by atoms with van der Waals surface area (Å²) in [5.74, 6) is 0.771. The zero-order valence-electron chi connectivity index (χ0n) is 13.2. The van der Waals surface area contributed by atoms with Crippen LogP contribution in [0.25, 0.3) is 0 Å². The van der Waals surface area contributed by atoms with Crippen LogP contribution in [0.2, 0.25) is 0 Å². The van der Waals surface area contributed by atoms with Crippen LogP contribution in [-0.2, 0) is 10.1 Å². The van der Waals surface area contributed by atoms with Crippen LogP contribution in [-0.4, -0.2) is 36.6 Å². The Kier molecular flexibility index (Phi) is 4.75. The van der Waals surface area contributed by atoms with Gasteiger partial charge in [-0.3, -0.25) is 0 Å². The second-order valence-electron chi connectivity index (χ2n) is 4.87. The van der Waals surface area contributed by atoms with Crippen molar-refractivity contribution in [1.82, 2.24) is 14.9 Å². The first kappa shape index (κ1) is 16.7. The second-order valence-corrected chi connectivity index (χ2v) is 6.41. The first-order chi connectivity index (χ1) is 12.1. The topological polar surface area (TPSA) is 95.7 Å². The third-order valence-corrected chi connectivity index (χ3v) is 4.44. The molecule has 0 atom stereocenters. The van der Waals surface area contributed by atoms with E-state index >= 15 is 0 Å². The molecular formula is C16H14N4O4S. The Bertz CT molecular complexity index is 950. The third-order valence-electron chi connectivity index (χ3n) is 3.18. The lowest BCUT2D eigenvalue weighted by molar-refractivity contribution is 0.414. The fraction of sp³-hybridized carbons (Fsp3) is 0.0625. The standard InChI is InChI=1S/C16H14N4O4S/c1-23-14-6-8-16(9-7-14)25(21,22)24-15-4-2-13(3-5-15)10-19-20-11-17-18-12-20/h2-12H,1H3/b19-10+. The van der Waals surface area contributed by atoms with Gasteiger partial charge in [-0.05, 0) is 54.1 Å². The van der Waals surface area contributed by atoms with Crippen LogP contribution in [0, 0.1) is 0 Å². The van der Waals surface area contributed by atoms with Gasteiger partial charge in [0, 0.05) is 0 Å². The minimum atomic E-state index is -3.91. The number of nitrogens with zero attached hydrogens (tertiary/aromatic N) is 4. The van der Waals surface area contributed by atoms with E-state index in [4.69, 9.17) is 8.92 Å². The molecule has 3 aromatic rings. The van der Waals surface area contributed by atoms with Crippen molar-refractivity contribution in [3.05, 3.63) is 66.7 Å². The number of ether oxygens (including phenoxy) is 1. The van der Waals surface area contributed by atoms with Crippen molar-refractivity contribution >= 4 is 16.3 Å². The predicted octanol–water partition coefficient (Wildman–Crippen LogP) is 1.94. The molecule has 0 fully saturated rings. The average molecular weight is 358 g/mol. The van der Waals surface area contributed by atoms with Gasteiger partial charge in [0.05, 0.1) is 13.3 Å². The highest BCUT2D eigenvalue weighted by atomic mass is 32.2. The molecule has 8 nitrogen and oxygen atoms in total. The molecule has 1 heterocycles. The van der Waals surface area contributed by atoms with Gasteiger partial charge in [-0.2, -0.15) is 13.5 Å². The van der Waals surface area contributed by atoms with Crippen molar-refractivity contribution in [1.29, 1.82) is 0 Å². The molecule has 0 saturated heterocycles. The molecule has 0 radical (unpaired) electrons. The van der Waals surface area contributed by atoms with E-state index in [2.05, 4.69) is 15.3 Å². The van der Waals surface area contributed by atoms with Gasteiger partial charge >= 0.3 is 10.1 Å². The first-order valence-corrected chi connectivity index (χ1v) is 8.55. The van der Waals surface area contributed by atoms with Gasteiger partial charge in [0.1, 0.15) is 29.0 Å². The normalized spacial score (nSPS) is 11.6. The molecule has 0 aliphatic carbocycles. The van der Waals surface area contributed by atoms with Crippen molar-refractivity contribution in [3.63, 3.8) is 0 Å². The highest BCUT2D eigenvalue weighted by Gasteiger charge is 2.16. The Morgan fingerprint density at radius 3 is 2.16 bits per heavy atom. The largest absolute Gasteiger partial charge is 0.497 e. The Morgan fingerprint density at radius 2 is 1.56 bits per heavy atom. The monoisotopic (exact) mass is 358 g/mol. The quantitative estimate of drug-likeness (QED) is 0.493. The van der Waals surface area contributed by atoms with Crippen LogP contribution in [0.1, 0.15) is 5.56 Å². The Labute approximate surface area is 144 Å². The average Bonchev–Trinajstić information content (AvgIpc) is 3.14. The van der Waals surface area contributed by atoms with E-state index in [-0.39, 0.29) is 10.6 Å². The van der Waals surface area contributed by atoms with Gasteiger partial charge in [0.25, 0.3) is 0 Å². The molecule has 0 amide bonds. The van der Waals surface area contributed by atoms with E-state index in [1.165, 1.54) is 36.6 Å². The lowest BCUT2D eigenvalue weighted by Gasteiger charge is -2.08. The second kappa shape index (κ2) is 7.14. The van der Waals surface area contributed by atoms with Gasteiger partial charge in [-0.15, -0.1) is 10.2 Å². The summed E-state index contributed by atoms with van der Waals surface area (Å²) in [5.41, 5.74) is 0.767. The molecule has 0 spiro atoms. The van der Waals surface area contributed by atoms with Crippen molar-refractivity contribution in [3.8, 4) is 11.5 Å². The molecular weight excluding hydrogens is 344 g/mol. The van der Waals surface area contributed by atoms with E-state index in [0.717, 1.165) is 5.56 Å². The zero-order chi connectivity index (χ0) is 17.7. The number of rotatable bonds is 6. The summed E-state index contributed by atoms with van der Waals surface area (Å²) in [6.07, 6.45) is 4.50. The van der Waals surface area contributed by atoms with E-state index < -0.39 is 10.1 Å². The Balaban J connectivity index is 1.71. The molecule has 2 aromatic carbocycles. The molecule has 1 aromatic heterocycles. The summed E-state index contributed by atoms with van der Waals surface area (Å²) in [7, 11) is -2.40. The molecule has 0 unspecified atom stereocenters. The minimum absolute atomic E-state index is 0.0477. The van der Waals surface area contributed by atoms with Gasteiger partial charge in [0.2, 0.25) is 0 Å². The van der Waals surface area contributed by atoms with E-state index in [1.807, 2.05) is 0 Å². The third kappa shape index (κ3) is 4.21. The molecule has 128 valence electrons. The van der Waals surface area contributed by atoms with E-state index in [0.29, 0.717) is 5.75 Å². The van der Waals surface area contributed by atoms with Crippen LogP contribution in [0.4, 0.5) is 0 Å². The highest BCUT2D eigenvalue weighted by molar-refractivity contribution is 7.87. The lowest BCUT2D eigenvalue weighted by Crippen LogP contribution is -2.09. The van der Waals surface area contributed by atoms with Crippen LogP contribution < -0.4 is 8.92 Å². The van der Waals surface area contributed by atoms with Crippen molar-refractivity contribution in [2.75, 3.05) is 7.11 Å². The number of methoxy groups -OCH3 is 1. The molecule has 0 aliphatic heterocycles. The number of hydrogen-bond donors (Lipinski definition) is 0. The molecule has 0 aliphatic rings. The summed E-state index contributed by atoms with van der Waals surface area (Å²) in [6.45, 7) is 0. The summed E-state index contributed by atoms with van der Waals surface area (Å²) >= 11 is 0. The van der Waals surface area contributed by atoms with Crippen molar-refractivity contribution < 1.29 is 17.3 Å². The van der Waals surface area contributed by atoms with Crippen LogP contribution in [0.15, 0.2) is 71.2 Å². The maximum Gasteiger partial charge on any atom is 0.339 e. The highest BCUT2D eigenvalue weighted by Crippen LogP contribution is 2.21. The first-order valence-electron chi connectivity index (χ1n) is 7.14. The summed E-state index contributed by atoms with van der Waals surface area (Å²) in [5, 5.41) is 11.4. The Morgan fingerprint density at radius 1 is 0.960 bits per heavy atom. The SMILES string of the molecule is COc1ccc(S(=O)(=O)Oc2ccc(/C=N/n3cnnc3)cc2)cc1. The smallest absolute Gasteiger partial charge is 0.339 e. The van der Waals surface area contributed by atoms with Crippen LogP contribution >= 0.6 is 0 Å². The molecule has 25 heavy (non-hydrogen) atoms. The molecule has 0 N–H and O–H groups in total. The van der Waals surface area contributed by atoms with Gasteiger partial charge < -0.3 is 8.92 Å². The fourth-order valence-electron chi connectivity index (χ4n) is 1.91. The van der Waals surface area contributed by atoms with Crippen molar-refractivity contribution in [2.45, 2.75) is 4.90 Å². The maximum absolute atomic E-state index is 12.3. The minimum Gasteiger partial charge on any atom is -0.497 e. The maximum atomic E-state index is 12.3. The molecule has 9 heteroatoms. The number of benzene rings is 2. The molecule has 0 bridgehead atoms. The van der Waals surface area contributed by atoms with Crippen molar-refractivity contribution in [2.24, 2.45) is 5.10 Å².